The Balaban J connectivity index is 1.45. The van der Waals surface area contributed by atoms with Crippen molar-refractivity contribution in [2.75, 3.05) is 16.8 Å². The van der Waals surface area contributed by atoms with Crippen LogP contribution in [0.15, 0.2) is 88.5 Å². The van der Waals surface area contributed by atoms with Crippen LogP contribution in [-0.2, 0) is 9.59 Å². The van der Waals surface area contributed by atoms with Crippen molar-refractivity contribution >= 4 is 56.7 Å². The average molecular weight is 542 g/mol. The lowest BCUT2D eigenvalue weighted by atomic mass is 10.1. The predicted molar refractivity (Wildman–Crippen MR) is 145 cm³/mol. The van der Waals surface area contributed by atoms with Crippen LogP contribution in [0.2, 0.25) is 5.02 Å². The number of anilines is 2. The topological polar surface area (TPSA) is 114 Å². The highest BCUT2D eigenvalue weighted by atomic mass is 35.5. The number of carbonyl (C=O) groups is 2. The minimum absolute atomic E-state index is 0.0343. The second kappa shape index (κ2) is 9.33. The maximum atomic E-state index is 13.6. The highest BCUT2D eigenvalue weighted by molar-refractivity contribution is 7.15. The number of carbonyl (C=O) groups excluding carboxylic acids is 2. The number of fused-ring (bicyclic) bond motifs is 2. The Hall–Kier alpha value is -4.67. The number of hydrogen-bond donors (Lipinski definition) is 1. The molecule has 1 N–H and O–H groups in total. The van der Waals surface area contributed by atoms with Gasteiger partial charge in [0.05, 0.1) is 11.3 Å². The van der Waals surface area contributed by atoms with Crippen molar-refractivity contribution in [1.29, 1.82) is 0 Å². The fourth-order valence-electron chi connectivity index (χ4n) is 4.30. The van der Waals surface area contributed by atoms with Crippen molar-refractivity contribution in [2.24, 2.45) is 0 Å². The molecular formula is C27H16ClN5O4S. The second-order valence-electron chi connectivity index (χ2n) is 8.40. The van der Waals surface area contributed by atoms with E-state index in [1.165, 1.54) is 4.90 Å². The standard InChI is InChI=1S/C27H16ClN5O4S/c28-16-9-6-10-17(13-16)29-20(34)14-32-19-12-5-4-11-18(19)21(25(32)36)23-26(37)33-27(38-23)30-24(35)22(31-33)15-7-2-1-3-8-15/h1-13H,14H2,(H,29,34)/b23-21-. The van der Waals surface area contributed by atoms with Crippen LogP contribution in [0.1, 0.15) is 5.56 Å². The van der Waals surface area contributed by atoms with Crippen LogP contribution in [0.25, 0.3) is 21.8 Å². The molecule has 38 heavy (non-hydrogen) atoms. The third-order valence-electron chi connectivity index (χ3n) is 5.97. The molecule has 3 heterocycles. The summed E-state index contributed by atoms with van der Waals surface area (Å²) in [7, 11) is 0. The number of benzene rings is 3. The molecule has 0 aliphatic carbocycles. The van der Waals surface area contributed by atoms with Gasteiger partial charge in [0, 0.05) is 21.8 Å². The summed E-state index contributed by atoms with van der Waals surface area (Å²) in [5.41, 5.74) is 1.03. The zero-order chi connectivity index (χ0) is 26.4. The van der Waals surface area contributed by atoms with E-state index in [0.717, 1.165) is 15.9 Å². The smallest absolute Gasteiger partial charge is 0.300 e. The molecule has 0 radical (unpaired) electrons. The third-order valence-corrected chi connectivity index (χ3v) is 7.23. The van der Waals surface area contributed by atoms with Crippen molar-refractivity contribution in [3.63, 3.8) is 0 Å². The summed E-state index contributed by atoms with van der Waals surface area (Å²) in [6.07, 6.45) is 0. The first kappa shape index (κ1) is 23.7. The SMILES string of the molecule is O=C(CN1C(=O)/C(=c2\sc3nc(=O)c(-c4ccccc4)nn3c2=O)c2ccccc21)Nc1cccc(Cl)c1. The first-order valence-electron chi connectivity index (χ1n) is 11.4. The molecule has 5 aromatic rings. The fraction of sp³-hybridized carbons (Fsp3) is 0.0370. The van der Waals surface area contributed by atoms with Crippen LogP contribution in [0, 0.1) is 0 Å². The lowest BCUT2D eigenvalue weighted by Crippen LogP contribution is -2.37. The number of para-hydroxylation sites is 1. The Labute approximate surface area is 223 Å². The monoisotopic (exact) mass is 541 g/mol. The highest BCUT2D eigenvalue weighted by Crippen LogP contribution is 2.35. The number of nitrogens with one attached hydrogen (secondary N) is 1. The molecular weight excluding hydrogens is 526 g/mol. The Morgan fingerprint density at radius 1 is 0.947 bits per heavy atom. The third kappa shape index (κ3) is 4.05. The number of thiazole rings is 1. The van der Waals surface area contributed by atoms with Gasteiger partial charge < -0.3 is 5.32 Å². The molecule has 0 unspecified atom stereocenters. The average Bonchev–Trinajstić information content (AvgIpc) is 3.36. The summed E-state index contributed by atoms with van der Waals surface area (Å²) in [6, 6.07) is 22.3. The number of nitrogens with zero attached hydrogens (tertiary/aromatic N) is 4. The van der Waals surface area contributed by atoms with E-state index in [0.29, 0.717) is 27.5 Å². The van der Waals surface area contributed by atoms with Crippen molar-refractivity contribution < 1.29 is 9.59 Å². The van der Waals surface area contributed by atoms with Gasteiger partial charge in [0.1, 0.15) is 11.1 Å². The van der Waals surface area contributed by atoms with E-state index in [9.17, 15) is 19.2 Å². The minimum atomic E-state index is -0.577. The van der Waals surface area contributed by atoms with Crippen LogP contribution >= 0.6 is 22.9 Å². The van der Waals surface area contributed by atoms with Crippen molar-refractivity contribution in [3.8, 4) is 11.3 Å². The molecule has 186 valence electrons. The largest absolute Gasteiger partial charge is 0.324 e. The van der Waals surface area contributed by atoms with Crippen LogP contribution in [0.5, 0.6) is 0 Å². The van der Waals surface area contributed by atoms with Crippen LogP contribution in [0.4, 0.5) is 11.4 Å². The highest BCUT2D eigenvalue weighted by Gasteiger charge is 2.35. The van der Waals surface area contributed by atoms with Crippen LogP contribution in [0.3, 0.4) is 0 Å². The van der Waals surface area contributed by atoms with Crippen molar-refractivity contribution in [3.05, 3.63) is 115 Å². The van der Waals surface area contributed by atoms with E-state index >= 15 is 0 Å². The molecule has 6 rings (SSSR count). The number of rotatable bonds is 4. The summed E-state index contributed by atoms with van der Waals surface area (Å²) in [6.45, 7) is -0.280. The maximum Gasteiger partial charge on any atom is 0.300 e. The van der Waals surface area contributed by atoms with Gasteiger partial charge in [-0.2, -0.15) is 14.6 Å². The summed E-state index contributed by atoms with van der Waals surface area (Å²) in [4.78, 5) is 58.0. The predicted octanol–water partition coefficient (Wildman–Crippen LogP) is 2.73. The molecule has 0 bridgehead atoms. The lowest BCUT2D eigenvalue weighted by molar-refractivity contribution is -0.118. The first-order valence-corrected chi connectivity index (χ1v) is 12.6. The number of amides is 2. The lowest BCUT2D eigenvalue weighted by Gasteiger charge is -2.16. The van der Waals surface area contributed by atoms with Crippen LogP contribution < -0.4 is 25.9 Å². The summed E-state index contributed by atoms with van der Waals surface area (Å²) < 4.78 is 1.13. The summed E-state index contributed by atoms with van der Waals surface area (Å²) >= 11 is 6.91. The summed E-state index contributed by atoms with van der Waals surface area (Å²) in [5.74, 6) is -0.945. The molecule has 0 atom stereocenters. The molecule has 0 saturated heterocycles. The Morgan fingerprint density at radius 2 is 1.71 bits per heavy atom. The van der Waals surface area contributed by atoms with E-state index in [4.69, 9.17) is 11.6 Å². The van der Waals surface area contributed by atoms with Gasteiger partial charge in [-0.25, -0.2) is 0 Å². The zero-order valence-electron chi connectivity index (χ0n) is 19.4. The second-order valence-corrected chi connectivity index (χ2v) is 9.82. The van der Waals surface area contributed by atoms with E-state index in [2.05, 4.69) is 15.4 Å². The van der Waals surface area contributed by atoms with Gasteiger partial charge in [0.15, 0.2) is 5.69 Å². The number of halogens is 1. The van der Waals surface area contributed by atoms with E-state index in [-0.39, 0.29) is 27.3 Å². The van der Waals surface area contributed by atoms with Crippen molar-refractivity contribution in [2.45, 2.75) is 0 Å². The van der Waals surface area contributed by atoms with Crippen molar-refractivity contribution in [1.82, 2.24) is 14.6 Å². The quantitative estimate of drug-likeness (QED) is 0.374. The minimum Gasteiger partial charge on any atom is -0.324 e. The molecule has 0 fully saturated rings. The molecule has 9 nitrogen and oxygen atoms in total. The van der Waals surface area contributed by atoms with Gasteiger partial charge >= 0.3 is 5.56 Å². The first-order chi connectivity index (χ1) is 18.4. The van der Waals surface area contributed by atoms with Gasteiger partial charge in [0.25, 0.3) is 11.5 Å². The molecule has 0 saturated carbocycles. The fourth-order valence-corrected chi connectivity index (χ4v) is 5.49. The van der Waals surface area contributed by atoms with Crippen LogP contribution in [-0.4, -0.2) is 33.0 Å². The molecule has 1 aliphatic heterocycles. The maximum absolute atomic E-state index is 13.6. The molecule has 3 aromatic carbocycles. The van der Waals surface area contributed by atoms with E-state index in [1.807, 2.05) is 0 Å². The molecule has 0 spiro atoms. The Morgan fingerprint density at radius 3 is 2.50 bits per heavy atom. The van der Waals surface area contributed by atoms with Gasteiger partial charge in [0.2, 0.25) is 10.9 Å². The molecule has 1 aliphatic rings. The normalized spacial score (nSPS) is 14.1. The van der Waals surface area contributed by atoms with Gasteiger partial charge in [-0.15, -0.1) is 0 Å². The zero-order valence-corrected chi connectivity index (χ0v) is 21.0. The Bertz CT molecular complexity index is 1940. The van der Waals surface area contributed by atoms with Gasteiger partial charge in [-0.05, 0) is 24.3 Å². The van der Waals surface area contributed by atoms with Gasteiger partial charge in [-0.1, -0.05) is 77.5 Å². The van der Waals surface area contributed by atoms with Gasteiger partial charge in [-0.3, -0.25) is 24.1 Å². The number of aromatic nitrogens is 3. The van der Waals surface area contributed by atoms with E-state index < -0.39 is 22.9 Å². The van der Waals surface area contributed by atoms with E-state index in [1.54, 1.807) is 78.9 Å². The summed E-state index contributed by atoms with van der Waals surface area (Å²) in [5, 5.41) is 7.46. The molecule has 11 heteroatoms. The molecule has 2 amide bonds. The molecule has 2 aromatic heterocycles. The number of hydrogen-bond acceptors (Lipinski definition) is 7. The Kier molecular flexibility index (Phi) is 5.82.